The van der Waals surface area contributed by atoms with Crippen molar-refractivity contribution in [2.45, 2.75) is 13.3 Å². The van der Waals surface area contributed by atoms with Crippen LogP contribution in [0.3, 0.4) is 0 Å². The Bertz CT molecular complexity index is 466. The maximum atomic E-state index is 11.5. The first-order valence-corrected chi connectivity index (χ1v) is 6.55. The molecule has 7 heteroatoms. The first kappa shape index (κ1) is 15.6. The number of nitrogens with one attached hydrogen (secondary N) is 3. The van der Waals surface area contributed by atoms with Crippen molar-refractivity contribution in [3.8, 4) is 0 Å². The Balaban J connectivity index is 2.41. The lowest BCUT2D eigenvalue weighted by Gasteiger charge is -2.09. The van der Waals surface area contributed by atoms with Crippen LogP contribution in [0.1, 0.15) is 13.3 Å². The van der Waals surface area contributed by atoms with Gasteiger partial charge in [0, 0.05) is 11.6 Å². The van der Waals surface area contributed by atoms with E-state index in [1.807, 2.05) is 6.92 Å². The van der Waals surface area contributed by atoms with Gasteiger partial charge in [-0.2, -0.15) is 0 Å². The third kappa shape index (κ3) is 5.81. The second kappa shape index (κ2) is 7.86. The number of carbonyl (C=O) groups excluding carboxylic acids is 2. The van der Waals surface area contributed by atoms with Gasteiger partial charge in [-0.3, -0.25) is 4.79 Å². The van der Waals surface area contributed by atoms with Crippen molar-refractivity contribution in [2.75, 3.05) is 18.4 Å². The van der Waals surface area contributed by atoms with Gasteiger partial charge in [0.25, 0.3) is 0 Å². The second-order valence-corrected chi connectivity index (χ2v) is 4.63. The van der Waals surface area contributed by atoms with Gasteiger partial charge in [0.05, 0.1) is 17.3 Å². The molecular weight excluding hydrogens is 289 g/mol. The summed E-state index contributed by atoms with van der Waals surface area (Å²) in [5.41, 5.74) is 0.428. The summed E-state index contributed by atoms with van der Waals surface area (Å²) >= 11 is 11.6. The van der Waals surface area contributed by atoms with Gasteiger partial charge >= 0.3 is 6.03 Å². The predicted molar refractivity (Wildman–Crippen MR) is 76.8 cm³/mol. The number of benzene rings is 1. The zero-order valence-electron chi connectivity index (χ0n) is 10.4. The van der Waals surface area contributed by atoms with E-state index in [0.717, 1.165) is 6.42 Å². The summed E-state index contributed by atoms with van der Waals surface area (Å²) in [7, 11) is 0. The Hall–Kier alpha value is -1.46. The van der Waals surface area contributed by atoms with Crippen LogP contribution in [0.15, 0.2) is 18.2 Å². The smallest absolute Gasteiger partial charge is 0.319 e. The molecule has 3 amide bonds. The molecule has 0 spiro atoms. The molecule has 0 atom stereocenters. The molecule has 5 nitrogen and oxygen atoms in total. The van der Waals surface area contributed by atoms with Gasteiger partial charge in [-0.05, 0) is 24.6 Å². The standard InChI is InChI=1S/C12H15Cl2N3O2/c1-2-5-15-11(18)7-16-12(19)17-10-4-3-8(13)6-9(10)14/h3-4,6H,2,5,7H2,1H3,(H,15,18)(H2,16,17,19). The second-order valence-electron chi connectivity index (χ2n) is 3.78. The highest BCUT2D eigenvalue weighted by Crippen LogP contribution is 2.25. The normalized spacial score (nSPS) is 9.84. The van der Waals surface area contributed by atoms with Crippen molar-refractivity contribution in [3.05, 3.63) is 28.2 Å². The van der Waals surface area contributed by atoms with Gasteiger partial charge in [-0.1, -0.05) is 30.1 Å². The van der Waals surface area contributed by atoms with Crippen LogP contribution in [0.5, 0.6) is 0 Å². The number of amides is 3. The summed E-state index contributed by atoms with van der Waals surface area (Å²) in [5, 5.41) is 8.41. The monoisotopic (exact) mass is 303 g/mol. The summed E-state index contributed by atoms with van der Waals surface area (Å²) in [6, 6.07) is 4.21. The van der Waals surface area contributed by atoms with Gasteiger partial charge in [0.2, 0.25) is 5.91 Å². The molecule has 19 heavy (non-hydrogen) atoms. The molecule has 1 aromatic carbocycles. The van der Waals surface area contributed by atoms with Crippen LogP contribution in [0.4, 0.5) is 10.5 Å². The molecule has 0 aliphatic rings. The topological polar surface area (TPSA) is 70.2 Å². The molecule has 0 aromatic heterocycles. The highest BCUT2D eigenvalue weighted by molar-refractivity contribution is 6.36. The predicted octanol–water partition coefficient (Wildman–Crippen LogP) is 2.64. The summed E-state index contributed by atoms with van der Waals surface area (Å²) in [5.74, 6) is -0.237. The van der Waals surface area contributed by atoms with Gasteiger partial charge in [-0.25, -0.2) is 4.79 Å². The first-order valence-electron chi connectivity index (χ1n) is 5.79. The van der Waals surface area contributed by atoms with E-state index >= 15 is 0 Å². The lowest BCUT2D eigenvalue weighted by atomic mass is 10.3. The summed E-state index contributed by atoms with van der Waals surface area (Å²) in [6.07, 6.45) is 0.846. The van der Waals surface area contributed by atoms with Gasteiger partial charge in [0.15, 0.2) is 0 Å². The van der Waals surface area contributed by atoms with Crippen LogP contribution in [-0.2, 0) is 4.79 Å². The minimum absolute atomic E-state index is 0.0863. The summed E-state index contributed by atoms with van der Waals surface area (Å²) in [4.78, 5) is 22.8. The van der Waals surface area contributed by atoms with Crippen LogP contribution in [-0.4, -0.2) is 25.0 Å². The van der Waals surface area contributed by atoms with Crippen molar-refractivity contribution >= 4 is 40.8 Å². The van der Waals surface area contributed by atoms with Crippen molar-refractivity contribution < 1.29 is 9.59 Å². The fraction of sp³-hybridized carbons (Fsp3) is 0.333. The molecule has 0 aliphatic heterocycles. The molecule has 0 fully saturated rings. The van der Waals surface area contributed by atoms with E-state index in [0.29, 0.717) is 22.3 Å². The Morgan fingerprint density at radius 3 is 2.58 bits per heavy atom. The molecule has 1 aromatic rings. The lowest BCUT2D eigenvalue weighted by Crippen LogP contribution is -2.39. The molecule has 3 N–H and O–H groups in total. The quantitative estimate of drug-likeness (QED) is 0.782. The third-order valence-corrected chi connectivity index (χ3v) is 2.71. The number of hydrogen-bond donors (Lipinski definition) is 3. The third-order valence-electron chi connectivity index (χ3n) is 2.16. The molecule has 0 aliphatic carbocycles. The minimum Gasteiger partial charge on any atom is -0.355 e. The molecule has 0 bridgehead atoms. The Morgan fingerprint density at radius 1 is 1.21 bits per heavy atom. The van der Waals surface area contributed by atoms with Gasteiger partial charge < -0.3 is 16.0 Å². The lowest BCUT2D eigenvalue weighted by molar-refractivity contribution is -0.120. The van der Waals surface area contributed by atoms with E-state index in [1.165, 1.54) is 6.07 Å². The first-order chi connectivity index (χ1) is 9.02. The molecule has 0 heterocycles. The number of carbonyl (C=O) groups is 2. The van der Waals surface area contributed by atoms with Crippen molar-refractivity contribution in [1.29, 1.82) is 0 Å². The SMILES string of the molecule is CCCNC(=O)CNC(=O)Nc1ccc(Cl)cc1Cl. The molecule has 0 saturated carbocycles. The Morgan fingerprint density at radius 2 is 1.95 bits per heavy atom. The van der Waals surface area contributed by atoms with E-state index in [-0.39, 0.29) is 12.5 Å². The highest BCUT2D eigenvalue weighted by Gasteiger charge is 2.07. The molecule has 104 valence electrons. The van der Waals surface area contributed by atoms with E-state index < -0.39 is 6.03 Å². The molecule has 0 unspecified atom stereocenters. The van der Waals surface area contributed by atoms with E-state index in [9.17, 15) is 9.59 Å². The summed E-state index contributed by atoms with van der Waals surface area (Å²) < 4.78 is 0. The van der Waals surface area contributed by atoms with Crippen LogP contribution < -0.4 is 16.0 Å². The van der Waals surface area contributed by atoms with Gasteiger partial charge in [0.1, 0.15) is 0 Å². The fourth-order valence-corrected chi connectivity index (χ4v) is 1.70. The summed E-state index contributed by atoms with van der Waals surface area (Å²) in [6.45, 7) is 2.45. The van der Waals surface area contributed by atoms with Crippen molar-refractivity contribution in [2.24, 2.45) is 0 Å². The molecule has 0 saturated heterocycles. The van der Waals surface area contributed by atoms with Crippen LogP contribution in [0.25, 0.3) is 0 Å². The number of anilines is 1. The maximum absolute atomic E-state index is 11.5. The average molecular weight is 304 g/mol. The number of rotatable bonds is 5. The minimum atomic E-state index is -0.504. The average Bonchev–Trinajstić information content (AvgIpc) is 2.37. The van der Waals surface area contributed by atoms with Crippen LogP contribution in [0.2, 0.25) is 10.0 Å². The molecule has 1 rings (SSSR count). The maximum Gasteiger partial charge on any atom is 0.319 e. The fourth-order valence-electron chi connectivity index (χ4n) is 1.24. The zero-order valence-corrected chi connectivity index (χ0v) is 11.9. The molecular formula is C12H15Cl2N3O2. The number of urea groups is 1. The van der Waals surface area contributed by atoms with Crippen molar-refractivity contribution in [3.63, 3.8) is 0 Å². The van der Waals surface area contributed by atoms with E-state index in [1.54, 1.807) is 12.1 Å². The number of hydrogen-bond acceptors (Lipinski definition) is 2. The Kier molecular flexibility index (Phi) is 6.45. The highest BCUT2D eigenvalue weighted by atomic mass is 35.5. The van der Waals surface area contributed by atoms with Crippen LogP contribution in [0, 0.1) is 0 Å². The largest absolute Gasteiger partial charge is 0.355 e. The number of halogens is 2. The Labute approximate surface area is 121 Å². The van der Waals surface area contributed by atoms with E-state index in [2.05, 4.69) is 16.0 Å². The van der Waals surface area contributed by atoms with Gasteiger partial charge in [-0.15, -0.1) is 0 Å². The molecule has 0 radical (unpaired) electrons. The zero-order chi connectivity index (χ0) is 14.3. The van der Waals surface area contributed by atoms with Crippen LogP contribution >= 0.6 is 23.2 Å². The van der Waals surface area contributed by atoms with Crippen molar-refractivity contribution in [1.82, 2.24) is 10.6 Å². The van der Waals surface area contributed by atoms with E-state index in [4.69, 9.17) is 23.2 Å².